The molecule has 0 saturated heterocycles. The van der Waals surface area contributed by atoms with Crippen LogP contribution in [0.1, 0.15) is 44.9 Å². The molecular weight excluding hydrogens is 452 g/mol. The van der Waals surface area contributed by atoms with Crippen molar-refractivity contribution in [2.45, 2.75) is 40.2 Å². The molecule has 1 aliphatic carbocycles. The van der Waals surface area contributed by atoms with Crippen molar-refractivity contribution in [1.29, 1.82) is 0 Å². The Hall–Kier alpha value is -3.39. The lowest BCUT2D eigenvalue weighted by atomic mass is 9.76. The van der Waals surface area contributed by atoms with Gasteiger partial charge >= 0.3 is 5.97 Å². The second-order valence-electron chi connectivity index (χ2n) is 8.75. The van der Waals surface area contributed by atoms with Crippen LogP contribution >= 0.6 is 0 Å². The fourth-order valence-electron chi connectivity index (χ4n) is 4.49. The van der Waals surface area contributed by atoms with Crippen LogP contribution in [0.4, 0.5) is 0 Å². The highest BCUT2D eigenvalue weighted by molar-refractivity contribution is 5.94. The van der Waals surface area contributed by atoms with Gasteiger partial charge < -0.3 is 33.9 Å². The van der Waals surface area contributed by atoms with E-state index < -0.39 is 12.1 Å². The number of aliphatic hydroxyl groups is 1. The van der Waals surface area contributed by atoms with Gasteiger partial charge in [0.2, 0.25) is 11.5 Å². The number of hydrogen-bond donors (Lipinski definition) is 2. The summed E-state index contributed by atoms with van der Waals surface area (Å²) in [5.41, 5.74) is 2.59. The minimum atomic E-state index is -0.937. The first-order valence-electron chi connectivity index (χ1n) is 11.4. The second kappa shape index (κ2) is 10.5. The Labute approximate surface area is 206 Å². The van der Waals surface area contributed by atoms with E-state index in [1.807, 2.05) is 19.9 Å². The van der Waals surface area contributed by atoms with Crippen LogP contribution in [0.15, 0.2) is 23.8 Å². The van der Waals surface area contributed by atoms with Gasteiger partial charge in [-0.1, -0.05) is 19.9 Å². The molecule has 0 aliphatic heterocycles. The van der Waals surface area contributed by atoms with Crippen molar-refractivity contribution in [3.05, 3.63) is 34.9 Å². The molecule has 3 rings (SSSR count). The standard InChI is InChI=1S/C27H34O8/c1-9-13(2)27(30)35-26-20-16(11-19(31-5)24(26)33-7)10-14(3)15(4)22(29)17-12-18(28)23(32-6)25(34-8)21(17)20/h9,11-12,14-15,22,28-29H,10H2,1-8H3/b13-9-/t14-,15-,22-/m1/s1. The lowest BCUT2D eigenvalue weighted by molar-refractivity contribution is -0.130. The second-order valence-corrected chi connectivity index (χ2v) is 8.75. The Kier molecular flexibility index (Phi) is 7.85. The third kappa shape index (κ3) is 4.50. The molecule has 0 heterocycles. The molecule has 0 saturated carbocycles. The number of allylic oxidation sites excluding steroid dienone is 1. The Morgan fingerprint density at radius 2 is 1.57 bits per heavy atom. The molecule has 190 valence electrons. The number of phenolic OH excluding ortho intramolecular Hbond substituents is 1. The molecule has 0 aromatic heterocycles. The van der Waals surface area contributed by atoms with Crippen molar-refractivity contribution in [2.75, 3.05) is 28.4 Å². The van der Waals surface area contributed by atoms with Crippen LogP contribution in [0.25, 0.3) is 11.1 Å². The van der Waals surface area contributed by atoms with Gasteiger partial charge in [0.1, 0.15) is 0 Å². The number of fused-ring (bicyclic) bond motifs is 3. The van der Waals surface area contributed by atoms with E-state index in [2.05, 4.69) is 0 Å². The first kappa shape index (κ1) is 26.2. The lowest BCUT2D eigenvalue weighted by Gasteiger charge is -2.33. The summed E-state index contributed by atoms with van der Waals surface area (Å²) in [5.74, 6) is 0.200. The minimum absolute atomic E-state index is 0.0334. The third-order valence-corrected chi connectivity index (χ3v) is 6.82. The fourth-order valence-corrected chi connectivity index (χ4v) is 4.49. The molecule has 0 spiro atoms. The first-order chi connectivity index (χ1) is 16.6. The van der Waals surface area contributed by atoms with Crippen molar-refractivity contribution in [3.63, 3.8) is 0 Å². The van der Waals surface area contributed by atoms with E-state index in [4.69, 9.17) is 23.7 Å². The van der Waals surface area contributed by atoms with Gasteiger partial charge in [-0.25, -0.2) is 4.79 Å². The van der Waals surface area contributed by atoms with Crippen LogP contribution < -0.4 is 23.7 Å². The maximum absolute atomic E-state index is 12.9. The van der Waals surface area contributed by atoms with Crippen molar-refractivity contribution in [3.8, 4) is 45.6 Å². The molecule has 2 aromatic rings. The molecule has 1 aliphatic rings. The predicted octanol–water partition coefficient (Wildman–Crippen LogP) is 4.83. The normalized spacial score (nSPS) is 19.6. The molecule has 8 nitrogen and oxygen atoms in total. The largest absolute Gasteiger partial charge is 0.504 e. The summed E-state index contributed by atoms with van der Waals surface area (Å²) in [7, 11) is 5.84. The molecule has 35 heavy (non-hydrogen) atoms. The maximum atomic E-state index is 12.9. The van der Waals surface area contributed by atoms with E-state index in [0.29, 0.717) is 34.4 Å². The van der Waals surface area contributed by atoms with Crippen LogP contribution in [0.2, 0.25) is 0 Å². The highest BCUT2D eigenvalue weighted by atomic mass is 16.6. The smallest absolute Gasteiger partial charge is 0.338 e. The highest BCUT2D eigenvalue weighted by Crippen LogP contribution is 2.57. The summed E-state index contributed by atoms with van der Waals surface area (Å²) in [5, 5.41) is 22.1. The molecule has 0 bridgehead atoms. The van der Waals surface area contributed by atoms with E-state index in [-0.39, 0.29) is 40.6 Å². The molecular formula is C27H34O8. The van der Waals surface area contributed by atoms with Gasteiger partial charge in [-0.3, -0.25) is 0 Å². The number of rotatable bonds is 6. The predicted molar refractivity (Wildman–Crippen MR) is 132 cm³/mol. The molecule has 2 aromatic carbocycles. The van der Waals surface area contributed by atoms with Crippen LogP contribution in [0.3, 0.4) is 0 Å². The zero-order chi connectivity index (χ0) is 26.0. The molecule has 0 radical (unpaired) electrons. The summed E-state index contributed by atoms with van der Waals surface area (Å²) >= 11 is 0. The topological polar surface area (TPSA) is 104 Å². The average Bonchev–Trinajstić information content (AvgIpc) is 2.85. The average molecular weight is 487 g/mol. The van der Waals surface area contributed by atoms with Crippen molar-refractivity contribution >= 4 is 5.97 Å². The number of hydrogen-bond acceptors (Lipinski definition) is 8. The molecule has 0 amide bonds. The molecule has 2 N–H and O–H groups in total. The molecule has 0 fully saturated rings. The minimum Gasteiger partial charge on any atom is -0.504 e. The van der Waals surface area contributed by atoms with E-state index >= 15 is 0 Å². The zero-order valence-corrected chi connectivity index (χ0v) is 21.5. The number of phenols is 1. The van der Waals surface area contributed by atoms with Crippen LogP contribution in [-0.4, -0.2) is 44.6 Å². The Balaban J connectivity index is 2.56. The number of carbonyl (C=O) groups is 1. The van der Waals surface area contributed by atoms with Gasteiger partial charge in [0.05, 0.1) is 34.5 Å². The number of aliphatic hydroxyl groups excluding tert-OH is 1. The van der Waals surface area contributed by atoms with E-state index in [1.165, 1.54) is 34.5 Å². The summed E-state index contributed by atoms with van der Waals surface area (Å²) < 4.78 is 28.4. The van der Waals surface area contributed by atoms with Crippen molar-refractivity contribution in [1.82, 2.24) is 0 Å². The van der Waals surface area contributed by atoms with Gasteiger partial charge in [0.15, 0.2) is 23.0 Å². The van der Waals surface area contributed by atoms with Gasteiger partial charge in [-0.2, -0.15) is 0 Å². The molecule has 0 unspecified atom stereocenters. The van der Waals surface area contributed by atoms with Crippen LogP contribution in [-0.2, 0) is 11.2 Å². The van der Waals surface area contributed by atoms with Gasteiger partial charge in [-0.15, -0.1) is 0 Å². The Morgan fingerprint density at radius 3 is 2.11 bits per heavy atom. The summed E-state index contributed by atoms with van der Waals surface area (Å²) in [6.45, 7) is 7.39. The maximum Gasteiger partial charge on any atom is 0.338 e. The fraction of sp³-hybridized carbons (Fsp3) is 0.444. The number of benzene rings is 2. The van der Waals surface area contributed by atoms with Gasteiger partial charge in [0, 0.05) is 16.7 Å². The number of esters is 1. The molecule has 8 heteroatoms. The SMILES string of the molecule is C/C=C(/C)C(=O)Oc1c(OC)c(OC)cc2c1-c1c(cc(O)c(OC)c1OC)[C@H](O)[C@H](C)[C@H](C)C2. The monoisotopic (exact) mass is 486 g/mol. The number of carbonyl (C=O) groups excluding carboxylic acids is 1. The Bertz CT molecular complexity index is 1150. The summed E-state index contributed by atoms with van der Waals surface area (Å²) in [4.78, 5) is 12.9. The number of aromatic hydroxyl groups is 1. The summed E-state index contributed by atoms with van der Waals surface area (Å²) in [6, 6.07) is 3.32. The number of ether oxygens (including phenoxy) is 5. The van der Waals surface area contributed by atoms with E-state index in [1.54, 1.807) is 19.9 Å². The Morgan fingerprint density at radius 1 is 0.943 bits per heavy atom. The van der Waals surface area contributed by atoms with Gasteiger partial charge in [0.25, 0.3) is 0 Å². The molecule has 3 atom stereocenters. The van der Waals surface area contributed by atoms with Crippen LogP contribution in [0.5, 0.6) is 34.5 Å². The quantitative estimate of drug-likeness (QED) is 0.340. The third-order valence-electron chi connectivity index (χ3n) is 6.82. The highest BCUT2D eigenvalue weighted by Gasteiger charge is 2.37. The first-order valence-corrected chi connectivity index (χ1v) is 11.4. The van der Waals surface area contributed by atoms with Crippen LogP contribution in [0, 0.1) is 11.8 Å². The zero-order valence-electron chi connectivity index (χ0n) is 21.5. The number of methoxy groups -OCH3 is 4. The van der Waals surface area contributed by atoms with E-state index in [9.17, 15) is 15.0 Å². The van der Waals surface area contributed by atoms with Crippen molar-refractivity contribution in [2.24, 2.45) is 11.8 Å². The summed E-state index contributed by atoms with van der Waals surface area (Å²) in [6.07, 6.45) is 1.27. The van der Waals surface area contributed by atoms with Crippen molar-refractivity contribution < 1.29 is 38.7 Å². The van der Waals surface area contributed by atoms with Gasteiger partial charge in [-0.05, 0) is 55.4 Å². The van der Waals surface area contributed by atoms with E-state index in [0.717, 1.165) is 5.56 Å². The lowest BCUT2D eigenvalue weighted by Crippen LogP contribution is -2.23.